The zero-order valence-electron chi connectivity index (χ0n) is 10.7. The van der Waals surface area contributed by atoms with Gasteiger partial charge in [-0.3, -0.25) is 0 Å². The number of thioether (sulfide) groups is 1. The van der Waals surface area contributed by atoms with Gasteiger partial charge in [0.05, 0.1) is 11.6 Å². The summed E-state index contributed by atoms with van der Waals surface area (Å²) in [4.78, 5) is 0.971. The first-order valence-electron chi connectivity index (χ1n) is 6.01. The fraction of sp³-hybridized carbons (Fsp3) is 0.385. The summed E-state index contributed by atoms with van der Waals surface area (Å²) in [6.07, 6.45) is -0.130. The van der Waals surface area contributed by atoms with Crippen molar-refractivity contribution in [2.45, 2.75) is 24.9 Å². The average Bonchev–Trinajstić information content (AvgIpc) is 2.71. The molecular weight excluding hydrogens is 303 g/mol. The highest BCUT2D eigenvalue weighted by Gasteiger charge is 2.24. The van der Waals surface area contributed by atoms with Gasteiger partial charge in [-0.15, -0.1) is 0 Å². The lowest BCUT2D eigenvalue weighted by molar-refractivity contribution is 0.244. The third kappa shape index (κ3) is 3.72. The second-order valence-corrected chi connectivity index (χ2v) is 6.59. The van der Waals surface area contributed by atoms with E-state index in [1.807, 2.05) is 12.1 Å². The number of aliphatic hydroxyl groups excluding tert-OH is 1. The minimum atomic E-state index is -0.130. The molecule has 0 fully saturated rings. The van der Waals surface area contributed by atoms with E-state index >= 15 is 0 Å². The molecule has 0 radical (unpaired) electrons. The summed E-state index contributed by atoms with van der Waals surface area (Å²) in [6.45, 7) is 4.25. The van der Waals surface area contributed by atoms with Crippen molar-refractivity contribution < 1.29 is 5.11 Å². The van der Waals surface area contributed by atoms with E-state index in [1.165, 1.54) is 0 Å². The summed E-state index contributed by atoms with van der Waals surface area (Å²) < 4.78 is 0. The molecule has 1 atom stereocenters. The van der Waals surface area contributed by atoms with Crippen molar-refractivity contribution in [3.05, 3.63) is 39.0 Å². The summed E-state index contributed by atoms with van der Waals surface area (Å²) in [7, 11) is 0. The maximum Gasteiger partial charge on any atom is 0.121 e. The van der Waals surface area contributed by atoms with E-state index in [-0.39, 0.29) is 12.8 Å². The molecule has 3 nitrogen and oxygen atoms in total. The van der Waals surface area contributed by atoms with Crippen molar-refractivity contribution in [1.82, 2.24) is 10.6 Å². The predicted molar refractivity (Wildman–Crippen MR) is 81.3 cm³/mol. The fourth-order valence-corrected chi connectivity index (χ4v) is 3.70. The van der Waals surface area contributed by atoms with E-state index in [0.29, 0.717) is 16.0 Å². The Morgan fingerprint density at radius 2 is 1.84 bits per heavy atom. The van der Waals surface area contributed by atoms with Crippen molar-refractivity contribution >= 4 is 35.0 Å². The third-order valence-electron chi connectivity index (χ3n) is 2.70. The average molecular weight is 319 g/mol. The Hall–Kier alpha value is -0.550. The Balaban J connectivity index is 2.22. The van der Waals surface area contributed by atoms with Crippen LogP contribution in [0.1, 0.15) is 13.8 Å². The van der Waals surface area contributed by atoms with Crippen molar-refractivity contribution in [2.75, 3.05) is 6.61 Å². The highest BCUT2D eigenvalue weighted by molar-refractivity contribution is 8.03. The summed E-state index contributed by atoms with van der Waals surface area (Å²) in [5.41, 5.74) is 1.10. The molecule has 1 heterocycles. The molecular formula is C13H16Cl2N2OS. The number of aliphatic hydroxyl groups is 1. The maximum absolute atomic E-state index is 9.23. The lowest BCUT2D eigenvalue weighted by atomic mass is 10.1. The number of hydrogen-bond acceptors (Lipinski definition) is 4. The second-order valence-electron chi connectivity index (χ2n) is 4.63. The molecule has 1 aromatic carbocycles. The molecule has 19 heavy (non-hydrogen) atoms. The zero-order valence-corrected chi connectivity index (χ0v) is 13.0. The van der Waals surface area contributed by atoms with Gasteiger partial charge in [-0.05, 0) is 24.1 Å². The van der Waals surface area contributed by atoms with Gasteiger partial charge in [0.25, 0.3) is 0 Å². The summed E-state index contributed by atoms with van der Waals surface area (Å²) >= 11 is 13.6. The van der Waals surface area contributed by atoms with Crippen molar-refractivity contribution in [3.63, 3.8) is 0 Å². The quantitative estimate of drug-likeness (QED) is 0.796. The maximum atomic E-state index is 9.23. The molecule has 2 rings (SSSR count). The third-order valence-corrected chi connectivity index (χ3v) is 4.15. The van der Waals surface area contributed by atoms with E-state index in [9.17, 15) is 5.11 Å². The van der Waals surface area contributed by atoms with Crippen LogP contribution in [0.2, 0.25) is 10.0 Å². The first-order chi connectivity index (χ1) is 8.99. The molecule has 0 aromatic heterocycles. The molecule has 0 bridgehead atoms. The molecule has 1 aliphatic heterocycles. The molecule has 0 saturated carbocycles. The lowest BCUT2D eigenvalue weighted by Crippen LogP contribution is -2.36. The summed E-state index contributed by atoms with van der Waals surface area (Å²) in [6, 6.07) is 5.45. The smallest absolute Gasteiger partial charge is 0.121 e. The molecule has 104 valence electrons. The van der Waals surface area contributed by atoms with Crippen LogP contribution < -0.4 is 10.6 Å². The van der Waals surface area contributed by atoms with Crippen LogP contribution in [0.4, 0.5) is 0 Å². The van der Waals surface area contributed by atoms with Crippen LogP contribution in [0, 0.1) is 5.92 Å². The zero-order chi connectivity index (χ0) is 14.0. The van der Waals surface area contributed by atoms with Gasteiger partial charge in [-0.2, -0.15) is 0 Å². The van der Waals surface area contributed by atoms with Crippen molar-refractivity contribution in [1.29, 1.82) is 0 Å². The first-order valence-corrected chi connectivity index (χ1v) is 7.59. The van der Waals surface area contributed by atoms with Gasteiger partial charge in [-0.25, -0.2) is 0 Å². The number of allylic oxidation sites excluding steroid dienone is 1. The Morgan fingerprint density at radius 1 is 1.21 bits per heavy atom. The molecule has 6 heteroatoms. The lowest BCUT2D eigenvalue weighted by Gasteiger charge is -2.11. The predicted octanol–water partition coefficient (Wildman–Crippen LogP) is 3.42. The monoisotopic (exact) mass is 318 g/mol. The van der Waals surface area contributed by atoms with Crippen LogP contribution in [0.5, 0.6) is 0 Å². The topological polar surface area (TPSA) is 44.3 Å². The standard InChI is InChI=1S/C13H16Cl2N2OS/c1-7(2)12-13(17-11(6-18)16-12)19-10-4-8(14)3-9(15)5-10/h3-5,7,11,16-18H,6H2,1-2H3. The minimum Gasteiger partial charge on any atom is -0.392 e. The number of benzene rings is 1. The van der Waals surface area contributed by atoms with Crippen LogP contribution in [0.15, 0.2) is 33.8 Å². The van der Waals surface area contributed by atoms with E-state index in [0.717, 1.165) is 15.6 Å². The number of halogens is 2. The molecule has 0 spiro atoms. The highest BCUT2D eigenvalue weighted by Crippen LogP contribution is 2.34. The van der Waals surface area contributed by atoms with Gasteiger partial charge in [0.2, 0.25) is 0 Å². The Kier molecular flexibility index (Phi) is 4.90. The summed E-state index contributed by atoms with van der Waals surface area (Å²) in [5.74, 6) is 0.348. The van der Waals surface area contributed by atoms with E-state index in [4.69, 9.17) is 23.2 Å². The largest absolute Gasteiger partial charge is 0.392 e. The number of nitrogens with one attached hydrogen (secondary N) is 2. The van der Waals surface area contributed by atoms with Crippen LogP contribution in [-0.2, 0) is 0 Å². The SMILES string of the molecule is CC(C)C1=C(Sc2cc(Cl)cc(Cl)c2)NC(CO)N1. The van der Waals surface area contributed by atoms with Gasteiger partial charge < -0.3 is 15.7 Å². The highest BCUT2D eigenvalue weighted by atomic mass is 35.5. The molecule has 0 saturated heterocycles. The van der Waals surface area contributed by atoms with Gasteiger partial charge in [0.1, 0.15) is 6.17 Å². The van der Waals surface area contributed by atoms with Gasteiger partial charge in [-0.1, -0.05) is 48.8 Å². The normalized spacial score (nSPS) is 18.7. The minimum absolute atomic E-state index is 0.0383. The van der Waals surface area contributed by atoms with Gasteiger partial charge >= 0.3 is 0 Å². The molecule has 1 unspecified atom stereocenters. The van der Waals surface area contributed by atoms with Crippen molar-refractivity contribution in [3.8, 4) is 0 Å². The molecule has 1 aliphatic rings. The molecule has 0 amide bonds. The van der Waals surface area contributed by atoms with E-state index < -0.39 is 0 Å². The van der Waals surface area contributed by atoms with Crippen LogP contribution >= 0.6 is 35.0 Å². The van der Waals surface area contributed by atoms with Crippen LogP contribution in [-0.4, -0.2) is 17.9 Å². The van der Waals surface area contributed by atoms with E-state index in [2.05, 4.69) is 24.5 Å². The van der Waals surface area contributed by atoms with Gasteiger partial charge in [0.15, 0.2) is 0 Å². The Labute approximate surface area is 127 Å². The summed E-state index contributed by atoms with van der Waals surface area (Å²) in [5, 5.41) is 18.0. The molecule has 0 aliphatic carbocycles. The Bertz CT molecular complexity index is 485. The molecule has 1 aromatic rings. The van der Waals surface area contributed by atoms with Gasteiger partial charge in [0, 0.05) is 20.6 Å². The van der Waals surface area contributed by atoms with Crippen LogP contribution in [0.3, 0.4) is 0 Å². The molecule has 3 N–H and O–H groups in total. The Morgan fingerprint density at radius 3 is 2.37 bits per heavy atom. The fourth-order valence-electron chi connectivity index (χ4n) is 1.84. The van der Waals surface area contributed by atoms with E-state index in [1.54, 1.807) is 17.8 Å². The first kappa shape index (κ1) is 14.9. The number of rotatable bonds is 4. The van der Waals surface area contributed by atoms with Crippen LogP contribution in [0.25, 0.3) is 0 Å². The second kappa shape index (κ2) is 6.27. The van der Waals surface area contributed by atoms with Crippen molar-refractivity contribution in [2.24, 2.45) is 5.92 Å². The number of hydrogen-bond donors (Lipinski definition) is 3.